The summed E-state index contributed by atoms with van der Waals surface area (Å²) in [5.41, 5.74) is 0.720. The third-order valence-electron chi connectivity index (χ3n) is 14.1. The number of Topliss-reactive ketones (excluding diaryl/α,β-unsaturated/α-hetero) is 2. The second-order valence-electron chi connectivity index (χ2n) is 23.1. The van der Waals surface area contributed by atoms with Crippen LogP contribution in [0.25, 0.3) is 5.76 Å². The first-order valence-electron chi connectivity index (χ1n) is 28.1. The maximum absolute atomic E-state index is 14.7. The number of ketones is 2. The third kappa shape index (κ3) is 18.1. The molecule has 19 nitrogen and oxygen atoms in total. The Morgan fingerprint density at radius 2 is 1.42 bits per heavy atom. The Hall–Kier alpha value is -7.83. The van der Waals surface area contributed by atoms with Crippen LogP contribution >= 0.6 is 0 Å². The van der Waals surface area contributed by atoms with Crippen LogP contribution < -0.4 is 26.6 Å². The largest absolute Gasteiger partial charge is 0.483 e. The van der Waals surface area contributed by atoms with Crippen molar-refractivity contribution in [2.24, 2.45) is 17.8 Å². The van der Waals surface area contributed by atoms with E-state index < -0.39 is 101 Å². The van der Waals surface area contributed by atoms with Gasteiger partial charge in [-0.15, -0.1) is 0 Å². The highest BCUT2D eigenvalue weighted by Gasteiger charge is 2.47. The van der Waals surface area contributed by atoms with Crippen molar-refractivity contribution in [3.8, 4) is 0 Å². The van der Waals surface area contributed by atoms with E-state index in [0.29, 0.717) is 37.8 Å². The lowest BCUT2D eigenvalue weighted by molar-refractivity contribution is -0.163. The number of alkyl carbamates (subject to hydrolysis) is 2. The monoisotopic (exact) mass is 1120 g/mol. The minimum absolute atomic E-state index is 0.0210. The summed E-state index contributed by atoms with van der Waals surface area (Å²) in [5.74, 6) is -5.01. The summed E-state index contributed by atoms with van der Waals surface area (Å²) >= 11 is 0. The number of carbonyl (C=O) groups excluding carboxylic acids is 9. The highest BCUT2D eigenvalue weighted by Crippen LogP contribution is 2.42. The first-order valence-corrected chi connectivity index (χ1v) is 28.1. The van der Waals surface area contributed by atoms with E-state index in [1.807, 2.05) is 80.6 Å². The van der Waals surface area contributed by atoms with Crippen molar-refractivity contribution in [2.75, 3.05) is 19.6 Å². The first kappa shape index (κ1) is 62.4. The summed E-state index contributed by atoms with van der Waals surface area (Å²) < 4.78 is 22.9. The summed E-state index contributed by atoms with van der Waals surface area (Å²) in [5, 5.41) is 14.0. The van der Waals surface area contributed by atoms with Crippen LogP contribution in [0.5, 0.6) is 0 Å². The number of carbonyl (C=O) groups is 9. The number of hydrogen-bond donors (Lipinski definition) is 5. The van der Waals surface area contributed by atoms with Crippen molar-refractivity contribution >= 4 is 59.1 Å². The lowest BCUT2D eigenvalue weighted by Crippen LogP contribution is -2.58. The van der Waals surface area contributed by atoms with Crippen molar-refractivity contribution in [2.45, 2.75) is 162 Å². The molecule has 3 aromatic rings. The number of amides is 6. The molecule has 1 aliphatic carbocycles. The van der Waals surface area contributed by atoms with Gasteiger partial charge in [-0.3, -0.25) is 33.6 Å². The molecule has 1 fully saturated rings. The van der Waals surface area contributed by atoms with E-state index >= 15 is 0 Å². The topological polar surface area (TPSA) is 254 Å². The van der Waals surface area contributed by atoms with Gasteiger partial charge in [0.15, 0.2) is 0 Å². The summed E-state index contributed by atoms with van der Waals surface area (Å²) in [4.78, 5) is 124. The van der Waals surface area contributed by atoms with Crippen LogP contribution in [0, 0.1) is 17.8 Å². The number of nitrogens with zero attached hydrogens (tertiary/aromatic N) is 1. The molecule has 0 aromatic heterocycles. The molecular weight excluding hydrogens is 1040 g/mol. The van der Waals surface area contributed by atoms with E-state index in [2.05, 4.69) is 26.6 Å². The number of benzene rings is 3. The molecule has 0 bridgehead atoms. The van der Waals surface area contributed by atoms with Crippen LogP contribution in [0.1, 0.15) is 134 Å². The molecule has 6 atom stereocenters. The molecule has 0 radical (unpaired) electrons. The van der Waals surface area contributed by atoms with Gasteiger partial charge in [-0.1, -0.05) is 125 Å². The Kier molecular flexibility index (Phi) is 22.0. The standard InChI is InChI=1S/C62H80N6O13/c1-38(2)34-43(65-60(77)81-61(5,6)7)29-28-42(35-40-20-12-10-13-21-40)58(75)68-33-19-27-48(68)56(73)67-51(39(3)4)57(74)66-47(26-18-31-64-59(76)78-37-41-22-14-11-15-23-41)55(72)63-32-30-50(69)79-49-36-46-53(71)52(70)44-24-16-17-25-45(44)54(46)80-62(49,8)9/h10-17,20-25,28-29,38-39,42-43,47-49,51H,18-19,26-27,30-37H2,1-9H3,(H,63,72)(H,64,76)(H,65,77)(H,66,74)(H,67,73)/b29-28+/t42-,43-,47?,48?,49?,51?/m1/s1. The van der Waals surface area contributed by atoms with Crippen molar-refractivity contribution in [1.29, 1.82) is 0 Å². The summed E-state index contributed by atoms with van der Waals surface area (Å²) in [6.07, 6.45) is 3.02. The number of rotatable bonds is 24. The van der Waals surface area contributed by atoms with Gasteiger partial charge in [-0.05, 0) is 96.1 Å². The Bertz CT molecular complexity index is 2800. The molecule has 3 aromatic carbocycles. The van der Waals surface area contributed by atoms with Crippen LogP contribution in [0.3, 0.4) is 0 Å². The van der Waals surface area contributed by atoms with E-state index in [4.69, 9.17) is 18.9 Å². The predicted molar refractivity (Wildman–Crippen MR) is 303 cm³/mol. The fraction of sp³-hybridized carbons (Fsp3) is 0.500. The Labute approximate surface area is 475 Å². The third-order valence-corrected chi connectivity index (χ3v) is 14.1. The Morgan fingerprint density at radius 3 is 2.07 bits per heavy atom. The van der Waals surface area contributed by atoms with Crippen LogP contribution in [-0.4, -0.2) is 119 Å². The number of likely N-dealkylation sites (tertiary alicyclic amines) is 1. The number of hydrogen-bond acceptors (Lipinski definition) is 13. The minimum atomic E-state index is -1.21. The van der Waals surface area contributed by atoms with Gasteiger partial charge >= 0.3 is 18.2 Å². The van der Waals surface area contributed by atoms with Crippen LogP contribution in [0.4, 0.5) is 9.59 Å². The molecule has 6 rings (SSSR count). The number of esters is 1. The lowest BCUT2D eigenvalue weighted by atomic mass is 9.81. The Morgan fingerprint density at radius 1 is 0.765 bits per heavy atom. The first-order chi connectivity index (χ1) is 38.4. The quantitative estimate of drug-likeness (QED) is 0.0192. The number of nitrogens with one attached hydrogen (secondary N) is 5. The second kappa shape index (κ2) is 28.5. The molecule has 4 unspecified atom stereocenters. The van der Waals surface area contributed by atoms with E-state index in [1.54, 1.807) is 83.7 Å². The van der Waals surface area contributed by atoms with Gasteiger partial charge in [0, 0.05) is 37.2 Å². The van der Waals surface area contributed by atoms with E-state index in [-0.39, 0.29) is 74.1 Å². The minimum Gasteiger partial charge on any atom is -0.483 e. The maximum atomic E-state index is 14.7. The van der Waals surface area contributed by atoms with Gasteiger partial charge in [0.05, 0.1) is 24.0 Å². The molecule has 5 N–H and O–H groups in total. The van der Waals surface area contributed by atoms with Crippen LogP contribution in [0.15, 0.2) is 103 Å². The highest BCUT2D eigenvalue weighted by atomic mass is 16.6. The van der Waals surface area contributed by atoms with E-state index in [1.165, 1.54) is 0 Å². The highest BCUT2D eigenvalue weighted by molar-refractivity contribution is 6.52. The molecular formula is C62H80N6O13. The zero-order valence-electron chi connectivity index (χ0n) is 48.1. The zero-order chi connectivity index (χ0) is 59.0. The van der Waals surface area contributed by atoms with Crippen LogP contribution in [0.2, 0.25) is 0 Å². The lowest BCUT2D eigenvalue weighted by Gasteiger charge is -2.41. The summed E-state index contributed by atoms with van der Waals surface area (Å²) in [7, 11) is 0. The van der Waals surface area contributed by atoms with Crippen molar-refractivity contribution in [1.82, 2.24) is 31.5 Å². The van der Waals surface area contributed by atoms with Crippen molar-refractivity contribution in [3.63, 3.8) is 0 Å². The van der Waals surface area contributed by atoms with E-state index in [0.717, 1.165) is 11.1 Å². The van der Waals surface area contributed by atoms with E-state index in [9.17, 15) is 43.2 Å². The van der Waals surface area contributed by atoms with Gasteiger partial charge in [0.25, 0.3) is 0 Å². The molecule has 81 heavy (non-hydrogen) atoms. The summed E-state index contributed by atoms with van der Waals surface area (Å²) in [6, 6.07) is 21.6. The van der Waals surface area contributed by atoms with Gasteiger partial charge in [-0.2, -0.15) is 0 Å². The SMILES string of the molecule is CC(C)C[C@@H](/C=C/[C@H](Cc1ccccc1)C(=O)N1CCCC1C(=O)NC(C(=O)NC(CCCNC(=O)OCc1ccccc1)C(=O)NCCC(=O)OC1CC2=C(OC1(C)C)c1ccccc1C(=O)C2=O)C(C)C)NC(=O)OC(C)(C)C. The number of ether oxygens (including phenoxy) is 4. The average molecular weight is 1120 g/mol. The smallest absolute Gasteiger partial charge is 0.408 e. The molecule has 3 aliphatic rings. The molecule has 2 heterocycles. The fourth-order valence-corrected chi connectivity index (χ4v) is 9.91. The van der Waals surface area contributed by atoms with Gasteiger partial charge in [0.2, 0.25) is 35.2 Å². The number of fused-ring (bicyclic) bond motifs is 2. The molecule has 6 amide bonds. The Balaban J connectivity index is 1.12. The van der Waals surface area contributed by atoms with Crippen molar-refractivity contribution < 1.29 is 62.1 Å². The summed E-state index contributed by atoms with van der Waals surface area (Å²) in [6.45, 7) is 16.5. The van der Waals surface area contributed by atoms with Gasteiger partial charge < -0.3 is 50.4 Å². The molecule has 19 heteroatoms. The molecule has 0 saturated carbocycles. The average Bonchev–Trinajstić information content (AvgIpc) is 3.28. The van der Waals surface area contributed by atoms with Crippen LogP contribution in [-0.2, 0) is 60.7 Å². The molecule has 2 aliphatic heterocycles. The second-order valence-corrected chi connectivity index (χ2v) is 23.1. The fourth-order valence-electron chi connectivity index (χ4n) is 9.91. The normalized spacial score (nSPS) is 18.1. The van der Waals surface area contributed by atoms with Gasteiger partial charge in [0.1, 0.15) is 47.8 Å². The molecule has 436 valence electrons. The predicted octanol–water partition coefficient (Wildman–Crippen LogP) is 7.46. The molecule has 1 saturated heterocycles. The van der Waals surface area contributed by atoms with Crippen molar-refractivity contribution in [3.05, 3.63) is 125 Å². The zero-order valence-corrected chi connectivity index (χ0v) is 48.1. The maximum Gasteiger partial charge on any atom is 0.408 e. The molecule has 0 spiro atoms. The van der Waals surface area contributed by atoms with Gasteiger partial charge in [-0.25, -0.2) is 9.59 Å².